The summed E-state index contributed by atoms with van der Waals surface area (Å²) in [4.78, 5) is 7.40. The molecule has 16 heavy (non-hydrogen) atoms. The van der Waals surface area contributed by atoms with Crippen LogP contribution in [0.25, 0.3) is 11.0 Å². The lowest BCUT2D eigenvalue weighted by Crippen LogP contribution is -2.31. The van der Waals surface area contributed by atoms with E-state index in [4.69, 9.17) is 5.11 Å². The van der Waals surface area contributed by atoms with E-state index in [0.29, 0.717) is 0 Å². The van der Waals surface area contributed by atoms with E-state index >= 15 is 0 Å². The Hall–Kier alpha value is -1.39. The Kier molecular flexibility index (Phi) is 3.22. The van der Waals surface area contributed by atoms with Crippen molar-refractivity contribution in [2.75, 3.05) is 6.61 Å². The summed E-state index contributed by atoms with van der Waals surface area (Å²) < 4.78 is 0. The smallest absolute Gasteiger partial charge is 0.137 e. The fraction of sp³-hybridized carbons (Fsp3) is 0.417. The molecule has 0 amide bonds. The maximum atomic E-state index is 9.01. The van der Waals surface area contributed by atoms with Gasteiger partial charge in [-0.2, -0.15) is 0 Å². The molecular weight excluding hydrogens is 202 g/mol. The number of aromatic nitrogens is 2. The number of hydrogen-bond donors (Lipinski definition) is 3. The van der Waals surface area contributed by atoms with E-state index in [1.807, 2.05) is 19.2 Å². The monoisotopic (exact) mass is 219 g/mol. The Morgan fingerprint density at radius 2 is 2.31 bits per heavy atom. The largest absolute Gasteiger partial charge is 0.395 e. The van der Waals surface area contributed by atoms with Gasteiger partial charge in [-0.1, -0.05) is 0 Å². The summed E-state index contributed by atoms with van der Waals surface area (Å²) in [6, 6.07) is 4.27. The van der Waals surface area contributed by atoms with E-state index in [-0.39, 0.29) is 18.7 Å². The number of fused-ring (bicyclic) bond motifs is 1. The van der Waals surface area contributed by atoms with Crippen LogP contribution in [0.4, 0.5) is 0 Å². The average Bonchev–Trinajstić information content (AvgIpc) is 2.72. The van der Waals surface area contributed by atoms with Gasteiger partial charge in [-0.25, -0.2) is 4.98 Å². The molecule has 0 saturated heterocycles. The summed E-state index contributed by atoms with van der Waals surface area (Å²) in [7, 11) is 0. The van der Waals surface area contributed by atoms with E-state index in [9.17, 15) is 0 Å². The molecule has 4 heteroatoms. The second-order valence-electron chi connectivity index (χ2n) is 4.12. The van der Waals surface area contributed by atoms with Crippen molar-refractivity contribution in [1.29, 1.82) is 0 Å². The molecule has 0 bridgehead atoms. The highest BCUT2D eigenvalue weighted by Gasteiger charge is 2.13. The topological polar surface area (TPSA) is 60.9 Å². The summed E-state index contributed by atoms with van der Waals surface area (Å²) in [5.41, 5.74) is 2.09. The zero-order chi connectivity index (χ0) is 11.5. The number of hydrogen-bond acceptors (Lipinski definition) is 3. The van der Waals surface area contributed by atoms with Crippen LogP contribution in [0.2, 0.25) is 0 Å². The third kappa shape index (κ3) is 2.08. The van der Waals surface area contributed by atoms with Crippen molar-refractivity contribution in [3.63, 3.8) is 0 Å². The summed E-state index contributed by atoms with van der Waals surface area (Å²) in [5, 5.41) is 13.5. The standard InChI is InChI=1S/C12H17N3O/c1-8(7-16)15-9(2)11-6-14-12-10(11)4-3-5-13-12/h3-6,8-9,15-16H,7H2,1-2H3,(H,13,14)/t8-,9?/m1/s1. The SMILES string of the molecule is CC(N[C@H](C)CO)c1c[nH]c2ncccc12. The van der Waals surface area contributed by atoms with Crippen molar-refractivity contribution < 1.29 is 5.11 Å². The molecule has 0 aromatic carbocycles. The molecule has 2 atom stereocenters. The molecular formula is C12H17N3O. The van der Waals surface area contributed by atoms with E-state index in [1.54, 1.807) is 6.20 Å². The molecule has 0 radical (unpaired) electrons. The highest BCUT2D eigenvalue weighted by molar-refractivity contribution is 5.79. The number of aromatic amines is 1. The Labute approximate surface area is 94.7 Å². The molecule has 0 aliphatic rings. The van der Waals surface area contributed by atoms with Gasteiger partial charge in [-0.05, 0) is 31.5 Å². The van der Waals surface area contributed by atoms with E-state index in [0.717, 1.165) is 11.0 Å². The van der Waals surface area contributed by atoms with Crippen molar-refractivity contribution in [3.8, 4) is 0 Å². The molecule has 2 rings (SSSR count). The first-order valence-corrected chi connectivity index (χ1v) is 5.51. The van der Waals surface area contributed by atoms with Crippen LogP contribution in [0.3, 0.4) is 0 Å². The van der Waals surface area contributed by atoms with Crippen molar-refractivity contribution in [1.82, 2.24) is 15.3 Å². The zero-order valence-electron chi connectivity index (χ0n) is 9.57. The zero-order valence-corrected chi connectivity index (χ0v) is 9.57. The van der Waals surface area contributed by atoms with Gasteiger partial charge in [0.15, 0.2) is 0 Å². The number of nitrogens with one attached hydrogen (secondary N) is 2. The summed E-state index contributed by atoms with van der Waals surface area (Å²) in [5.74, 6) is 0. The first-order chi connectivity index (χ1) is 7.72. The van der Waals surface area contributed by atoms with E-state index in [1.165, 1.54) is 5.56 Å². The highest BCUT2D eigenvalue weighted by Crippen LogP contribution is 2.22. The van der Waals surface area contributed by atoms with Crippen LogP contribution in [0.15, 0.2) is 24.5 Å². The average molecular weight is 219 g/mol. The number of aliphatic hydroxyl groups is 1. The molecule has 1 unspecified atom stereocenters. The second kappa shape index (κ2) is 4.63. The van der Waals surface area contributed by atoms with Gasteiger partial charge >= 0.3 is 0 Å². The lowest BCUT2D eigenvalue weighted by Gasteiger charge is -2.17. The number of H-pyrrole nitrogens is 1. The van der Waals surface area contributed by atoms with Gasteiger partial charge in [0.05, 0.1) is 6.61 Å². The normalized spacial score (nSPS) is 15.2. The third-order valence-electron chi connectivity index (χ3n) is 2.76. The first-order valence-electron chi connectivity index (χ1n) is 5.51. The molecule has 0 fully saturated rings. The minimum absolute atomic E-state index is 0.0941. The van der Waals surface area contributed by atoms with Gasteiger partial charge < -0.3 is 15.4 Å². The molecule has 0 saturated carbocycles. The van der Waals surface area contributed by atoms with Gasteiger partial charge in [-0.3, -0.25) is 0 Å². The van der Waals surface area contributed by atoms with Crippen LogP contribution < -0.4 is 5.32 Å². The van der Waals surface area contributed by atoms with E-state index in [2.05, 4.69) is 28.3 Å². The summed E-state index contributed by atoms with van der Waals surface area (Å²) in [6.45, 7) is 4.19. The second-order valence-corrected chi connectivity index (χ2v) is 4.12. The van der Waals surface area contributed by atoms with Crippen molar-refractivity contribution in [3.05, 3.63) is 30.1 Å². The van der Waals surface area contributed by atoms with Crippen LogP contribution in [0.5, 0.6) is 0 Å². The predicted octanol–water partition coefficient (Wildman–Crippen LogP) is 1.59. The van der Waals surface area contributed by atoms with Gasteiger partial charge in [0.2, 0.25) is 0 Å². The van der Waals surface area contributed by atoms with Crippen molar-refractivity contribution >= 4 is 11.0 Å². The van der Waals surface area contributed by atoms with Gasteiger partial charge in [-0.15, -0.1) is 0 Å². The van der Waals surface area contributed by atoms with Gasteiger partial charge in [0, 0.05) is 29.9 Å². The number of pyridine rings is 1. The molecule has 0 spiro atoms. The van der Waals surface area contributed by atoms with Crippen LogP contribution in [0.1, 0.15) is 25.5 Å². The maximum absolute atomic E-state index is 9.01. The van der Waals surface area contributed by atoms with Gasteiger partial charge in [0.1, 0.15) is 5.65 Å². The molecule has 2 aromatic rings. The third-order valence-corrected chi connectivity index (χ3v) is 2.76. The van der Waals surface area contributed by atoms with Gasteiger partial charge in [0.25, 0.3) is 0 Å². The number of rotatable bonds is 4. The lowest BCUT2D eigenvalue weighted by atomic mass is 10.1. The lowest BCUT2D eigenvalue weighted by molar-refractivity contribution is 0.243. The van der Waals surface area contributed by atoms with Crippen LogP contribution in [0, 0.1) is 0 Å². The molecule has 2 heterocycles. The van der Waals surface area contributed by atoms with Crippen LogP contribution in [-0.4, -0.2) is 27.7 Å². The van der Waals surface area contributed by atoms with Crippen molar-refractivity contribution in [2.24, 2.45) is 0 Å². The minimum Gasteiger partial charge on any atom is -0.395 e. The molecule has 0 aliphatic carbocycles. The van der Waals surface area contributed by atoms with Crippen LogP contribution in [-0.2, 0) is 0 Å². The van der Waals surface area contributed by atoms with Crippen LogP contribution >= 0.6 is 0 Å². The summed E-state index contributed by atoms with van der Waals surface area (Å²) in [6.07, 6.45) is 3.75. The maximum Gasteiger partial charge on any atom is 0.137 e. The van der Waals surface area contributed by atoms with Crippen molar-refractivity contribution in [2.45, 2.75) is 25.9 Å². The fourth-order valence-electron chi connectivity index (χ4n) is 1.90. The first kappa shape index (κ1) is 11.1. The Balaban J connectivity index is 2.26. The predicted molar refractivity (Wildman–Crippen MR) is 64.2 cm³/mol. The Bertz CT molecular complexity index is 466. The molecule has 86 valence electrons. The quantitative estimate of drug-likeness (QED) is 0.732. The number of nitrogens with zero attached hydrogens (tertiary/aromatic N) is 1. The molecule has 4 nitrogen and oxygen atoms in total. The Morgan fingerprint density at radius 1 is 1.50 bits per heavy atom. The molecule has 0 aliphatic heterocycles. The molecule has 3 N–H and O–H groups in total. The molecule has 2 aromatic heterocycles. The Morgan fingerprint density at radius 3 is 3.06 bits per heavy atom. The summed E-state index contributed by atoms with van der Waals surface area (Å²) >= 11 is 0. The highest BCUT2D eigenvalue weighted by atomic mass is 16.3. The fourth-order valence-corrected chi connectivity index (χ4v) is 1.90. The van der Waals surface area contributed by atoms with E-state index < -0.39 is 0 Å². The minimum atomic E-state index is 0.0941. The number of aliphatic hydroxyl groups excluding tert-OH is 1.